The topological polar surface area (TPSA) is 70.7 Å². The molecule has 0 radical (unpaired) electrons. The van der Waals surface area contributed by atoms with Gasteiger partial charge in [0, 0.05) is 24.3 Å². The summed E-state index contributed by atoms with van der Waals surface area (Å²) in [6.07, 6.45) is 0.794. The number of hydrogen-bond donors (Lipinski definition) is 2. The lowest BCUT2D eigenvalue weighted by Crippen LogP contribution is -2.36. The second-order valence-electron chi connectivity index (χ2n) is 7.33. The zero-order valence-electron chi connectivity index (χ0n) is 17.4. The predicted molar refractivity (Wildman–Crippen MR) is 122 cm³/mol. The Morgan fingerprint density at radius 2 is 1.71 bits per heavy atom. The maximum atomic E-state index is 12.8. The largest absolute Gasteiger partial charge is 0.492 e. The fraction of sp³-hybridized carbons (Fsp3) is 0.200. The molecule has 0 saturated carbocycles. The number of rotatable bonds is 5. The van der Waals surface area contributed by atoms with E-state index in [4.69, 9.17) is 4.74 Å². The Balaban J connectivity index is 1.44. The number of carbonyl (C=O) groups excluding carboxylic acids is 2. The lowest BCUT2D eigenvalue weighted by atomic mass is 9.98. The van der Waals surface area contributed by atoms with Crippen LogP contribution in [0.3, 0.4) is 0 Å². The van der Waals surface area contributed by atoms with Gasteiger partial charge in [-0.15, -0.1) is 0 Å². The minimum Gasteiger partial charge on any atom is -0.492 e. The van der Waals surface area contributed by atoms with Gasteiger partial charge in [0.2, 0.25) is 0 Å². The van der Waals surface area contributed by atoms with Crippen molar-refractivity contribution in [1.29, 1.82) is 0 Å². The van der Waals surface area contributed by atoms with Crippen molar-refractivity contribution in [3.8, 4) is 5.75 Å². The van der Waals surface area contributed by atoms with Crippen LogP contribution in [0.15, 0.2) is 72.8 Å². The Hall–Kier alpha value is -3.80. The maximum absolute atomic E-state index is 12.8. The minimum absolute atomic E-state index is 0.0230. The van der Waals surface area contributed by atoms with Crippen LogP contribution in [0.5, 0.6) is 5.75 Å². The van der Waals surface area contributed by atoms with Crippen LogP contribution in [0.1, 0.15) is 28.4 Å². The van der Waals surface area contributed by atoms with Crippen LogP contribution in [-0.4, -0.2) is 30.0 Å². The van der Waals surface area contributed by atoms with Gasteiger partial charge in [0.1, 0.15) is 5.75 Å². The molecule has 6 heteroatoms. The molecular weight excluding hydrogens is 390 g/mol. The Morgan fingerprint density at radius 3 is 2.52 bits per heavy atom. The maximum Gasteiger partial charge on any atom is 0.323 e. The first-order chi connectivity index (χ1) is 15.1. The van der Waals surface area contributed by atoms with Crippen molar-refractivity contribution in [2.75, 3.05) is 23.8 Å². The zero-order valence-corrected chi connectivity index (χ0v) is 17.4. The van der Waals surface area contributed by atoms with Crippen LogP contribution in [-0.2, 0) is 13.0 Å². The van der Waals surface area contributed by atoms with E-state index in [1.807, 2.05) is 78.6 Å². The highest BCUT2D eigenvalue weighted by Crippen LogP contribution is 2.26. The monoisotopic (exact) mass is 415 g/mol. The smallest absolute Gasteiger partial charge is 0.323 e. The number of anilines is 2. The van der Waals surface area contributed by atoms with E-state index in [1.54, 1.807) is 6.07 Å². The van der Waals surface area contributed by atoms with E-state index in [2.05, 4.69) is 10.6 Å². The fourth-order valence-electron chi connectivity index (χ4n) is 3.71. The van der Waals surface area contributed by atoms with Gasteiger partial charge in [-0.05, 0) is 60.9 Å². The third-order valence-electron chi connectivity index (χ3n) is 5.22. The highest BCUT2D eigenvalue weighted by Gasteiger charge is 2.22. The van der Waals surface area contributed by atoms with E-state index in [-0.39, 0.29) is 11.9 Å². The van der Waals surface area contributed by atoms with Gasteiger partial charge < -0.3 is 20.3 Å². The van der Waals surface area contributed by atoms with E-state index in [0.717, 1.165) is 12.0 Å². The molecule has 0 bridgehead atoms. The molecule has 0 atom stereocenters. The van der Waals surface area contributed by atoms with E-state index in [9.17, 15) is 9.59 Å². The van der Waals surface area contributed by atoms with Gasteiger partial charge in [0.25, 0.3) is 5.91 Å². The first-order valence-corrected chi connectivity index (χ1v) is 10.4. The number of nitrogens with zero attached hydrogens (tertiary/aromatic N) is 1. The van der Waals surface area contributed by atoms with Gasteiger partial charge in [-0.3, -0.25) is 4.79 Å². The van der Waals surface area contributed by atoms with Crippen LogP contribution >= 0.6 is 0 Å². The van der Waals surface area contributed by atoms with Crippen molar-refractivity contribution < 1.29 is 14.3 Å². The predicted octanol–water partition coefficient (Wildman–Crippen LogP) is 4.93. The van der Waals surface area contributed by atoms with Gasteiger partial charge in [-0.2, -0.15) is 0 Å². The van der Waals surface area contributed by atoms with Gasteiger partial charge in [0.05, 0.1) is 12.3 Å². The molecule has 3 amide bonds. The number of benzene rings is 3. The molecule has 0 spiro atoms. The van der Waals surface area contributed by atoms with Crippen LogP contribution in [0.4, 0.5) is 16.2 Å². The van der Waals surface area contributed by atoms with Crippen LogP contribution in [0.2, 0.25) is 0 Å². The van der Waals surface area contributed by atoms with Crippen molar-refractivity contribution in [3.63, 3.8) is 0 Å². The summed E-state index contributed by atoms with van der Waals surface area (Å²) >= 11 is 0. The summed E-state index contributed by atoms with van der Waals surface area (Å²) in [7, 11) is 0. The molecular formula is C25H25N3O3. The summed E-state index contributed by atoms with van der Waals surface area (Å²) in [6, 6.07) is 22.1. The molecule has 0 aliphatic carbocycles. The molecule has 1 aliphatic rings. The number of urea groups is 1. The van der Waals surface area contributed by atoms with Crippen molar-refractivity contribution >= 4 is 23.3 Å². The Bertz CT molecular complexity index is 1080. The lowest BCUT2D eigenvalue weighted by molar-refractivity contribution is 0.0734. The normalized spacial score (nSPS) is 12.6. The highest BCUT2D eigenvalue weighted by molar-refractivity contribution is 6.00. The van der Waals surface area contributed by atoms with Crippen molar-refractivity contribution in [1.82, 2.24) is 4.90 Å². The Kier molecular flexibility index (Phi) is 6.17. The molecule has 0 saturated heterocycles. The average molecular weight is 415 g/mol. The third kappa shape index (κ3) is 4.86. The molecule has 2 N–H and O–H groups in total. The number of ether oxygens (including phenoxy) is 1. The average Bonchev–Trinajstić information content (AvgIpc) is 2.80. The van der Waals surface area contributed by atoms with Crippen molar-refractivity contribution in [2.24, 2.45) is 0 Å². The molecule has 158 valence electrons. The minimum atomic E-state index is -0.347. The summed E-state index contributed by atoms with van der Waals surface area (Å²) in [5, 5.41) is 5.71. The SMILES string of the molecule is CCOc1ccccc1NC(=O)Nc1ccc2c(c1)CN(C(=O)c1ccccc1)CC2. The van der Waals surface area contributed by atoms with Crippen molar-refractivity contribution in [2.45, 2.75) is 19.9 Å². The molecule has 3 aromatic rings. The molecule has 0 fully saturated rings. The van der Waals surface area contributed by atoms with Crippen LogP contribution in [0.25, 0.3) is 0 Å². The molecule has 1 heterocycles. The lowest BCUT2D eigenvalue weighted by Gasteiger charge is -2.29. The summed E-state index contributed by atoms with van der Waals surface area (Å²) in [5.74, 6) is 0.649. The number of carbonyl (C=O) groups is 2. The second-order valence-corrected chi connectivity index (χ2v) is 7.33. The van der Waals surface area contributed by atoms with E-state index in [0.29, 0.717) is 42.4 Å². The van der Waals surface area contributed by atoms with E-state index < -0.39 is 0 Å². The first-order valence-electron chi connectivity index (χ1n) is 10.4. The first kappa shape index (κ1) is 20.5. The second kappa shape index (κ2) is 9.34. The molecule has 31 heavy (non-hydrogen) atoms. The Morgan fingerprint density at radius 1 is 0.935 bits per heavy atom. The van der Waals surface area contributed by atoms with Gasteiger partial charge in [-0.25, -0.2) is 4.79 Å². The number of fused-ring (bicyclic) bond motifs is 1. The molecule has 0 unspecified atom stereocenters. The number of nitrogens with one attached hydrogen (secondary N) is 2. The molecule has 3 aromatic carbocycles. The van der Waals surface area contributed by atoms with Gasteiger partial charge in [0.15, 0.2) is 0 Å². The standard InChI is InChI=1S/C25H25N3O3/c1-2-31-23-11-7-6-10-22(23)27-25(30)26-21-13-12-18-14-15-28(17-20(18)16-21)24(29)19-8-4-3-5-9-19/h3-13,16H,2,14-15,17H2,1H3,(H2,26,27,30). The van der Waals surface area contributed by atoms with Crippen LogP contribution in [0, 0.1) is 0 Å². The Labute approximate surface area is 181 Å². The third-order valence-corrected chi connectivity index (χ3v) is 5.22. The van der Waals surface area contributed by atoms with Crippen LogP contribution < -0.4 is 15.4 Å². The van der Waals surface area contributed by atoms with Crippen molar-refractivity contribution in [3.05, 3.63) is 89.5 Å². The van der Waals surface area contributed by atoms with Gasteiger partial charge >= 0.3 is 6.03 Å². The summed E-state index contributed by atoms with van der Waals surface area (Å²) in [5.41, 5.74) is 4.22. The number of hydrogen-bond acceptors (Lipinski definition) is 3. The number of amides is 3. The van der Waals surface area contributed by atoms with E-state index >= 15 is 0 Å². The molecule has 4 rings (SSSR count). The molecule has 6 nitrogen and oxygen atoms in total. The zero-order chi connectivity index (χ0) is 21.6. The summed E-state index contributed by atoms with van der Waals surface area (Å²) in [6.45, 7) is 3.62. The molecule has 1 aliphatic heterocycles. The van der Waals surface area contributed by atoms with E-state index in [1.165, 1.54) is 5.56 Å². The summed E-state index contributed by atoms with van der Waals surface area (Å²) < 4.78 is 5.55. The molecule has 0 aromatic heterocycles. The quantitative estimate of drug-likeness (QED) is 0.621. The summed E-state index contributed by atoms with van der Waals surface area (Å²) in [4.78, 5) is 27.2. The highest BCUT2D eigenvalue weighted by atomic mass is 16.5. The fourth-order valence-corrected chi connectivity index (χ4v) is 3.71. The number of para-hydroxylation sites is 2. The van der Waals surface area contributed by atoms with Gasteiger partial charge in [-0.1, -0.05) is 36.4 Å².